The zero-order valence-corrected chi connectivity index (χ0v) is 10.7. The molecule has 2 rings (SSSR count). The molecule has 0 fully saturated rings. The van der Waals surface area contributed by atoms with E-state index in [1.165, 1.54) is 11.6 Å². The SMILES string of the molecule is C=COc1ccc2ccccc2c1C#CC(C)C. The molecule has 90 valence electrons. The lowest BCUT2D eigenvalue weighted by Crippen LogP contribution is -1.89. The summed E-state index contributed by atoms with van der Waals surface area (Å²) in [7, 11) is 0. The first-order valence-corrected chi connectivity index (χ1v) is 6.03. The lowest BCUT2D eigenvalue weighted by Gasteiger charge is -2.07. The van der Waals surface area contributed by atoms with Crippen LogP contribution in [0.5, 0.6) is 5.75 Å². The first-order chi connectivity index (χ1) is 8.72. The molecule has 1 heteroatoms. The maximum absolute atomic E-state index is 5.44. The van der Waals surface area contributed by atoms with E-state index in [4.69, 9.17) is 4.74 Å². The number of benzene rings is 2. The van der Waals surface area contributed by atoms with Crippen molar-refractivity contribution in [2.75, 3.05) is 0 Å². The monoisotopic (exact) mass is 236 g/mol. The van der Waals surface area contributed by atoms with E-state index in [-0.39, 0.29) is 0 Å². The summed E-state index contributed by atoms with van der Waals surface area (Å²) in [5.74, 6) is 7.50. The summed E-state index contributed by atoms with van der Waals surface area (Å²) in [5, 5.41) is 2.28. The van der Waals surface area contributed by atoms with Crippen molar-refractivity contribution in [3.63, 3.8) is 0 Å². The summed E-state index contributed by atoms with van der Waals surface area (Å²) in [5.41, 5.74) is 0.932. The molecule has 0 aliphatic carbocycles. The van der Waals surface area contributed by atoms with E-state index >= 15 is 0 Å². The minimum atomic E-state index is 0.334. The normalized spacial score (nSPS) is 9.94. The summed E-state index contributed by atoms with van der Waals surface area (Å²) < 4.78 is 5.44. The smallest absolute Gasteiger partial charge is 0.142 e. The topological polar surface area (TPSA) is 9.23 Å². The molecule has 0 aliphatic rings. The Hall–Kier alpha value is -2.20. The van der Waals surface area contributed by atoms with E-state index in [2.05, 4.69) is 44.4 Å². The number of fused-ring (bicyclic) bond motifs is 1. The minimum Gasteiger partial charge on any atom is -0.464 e. The Morgan fingerprint density at radius 1 is 1.17 bits per heavy atom. The molecule has 0 saturated carbocycles. The Balaban J connectivity index is 2.67. The first-order valence-electron chi connectivity index (χ1n) is 6.03. The molecule has 0 aromatic heterocycles. The summed E-state index contributed by atoms with van der Waals surface area (Å²) in [6, 6.07) is 12.2. The number of ether oxygens (including phenoxy) is 1. The molecule has 0 bridgehead atoms. The largest absolute Gasteiger partial charge is 0.464 e. The highest BCUT2D eigenvalue weighted by molar-refractivity contribution is 5.90. The van der Waals surface area contributed by atoms with Gasteiger partial charge in [-0.3, -0.25) is 0 Å². The second-order valence-electron chi connectivity index (χ2n) is 4.37. The Labute approximate surface area is 108 Å². The van der Waals surface area contributed by atoms with Gasteiger partial charge in [0.25, 0.3) is 0 Å². The summed E-state index contributed by atoms with van der Waals surface area (Å²) in [6.07, 6.45) is 1.44. The van der Waals surface area contributed by atoms with Crippen LogP contribution >= 0.6 is 0 Å². The van der Waals surface area contributed by atoms with E-state index < -0.39 is 0 Å². The maximum atomic E-state index is 5.44. The molecule has 0 spiro atoms. The van der Waals surface area contributed by atoms with Crippen molar-refractivity contribution >= 4 is 10.8 Å². The fourth-order valence-corrected chi connectivity index (χ4v) is 1.78. The molecule has 0 N–H and O–H groups in total. The van der Waals surface area contributed by atoms with E-state index in [0.717, 1.165) is 16.7 Å². The van der Waals surface area contributed by atoms with Gasteiger partial charge in [0, 0.05) is 11.3 Å². The molecule has 0 aliphatic heterocycles. The fourth-order valence-electron chi connectivity index (χ4n) is 1.78. The second kappa shape index (κ2) is 5.42. The van der Waals surface area contributed by atoms with Gasteiger partial charge in [0.2, 0.25) is 0 Å². The number of hydrogen-bond donors (Lipinski definition) is 0. The molecule has 0 amide bonds. The van der Waals surface area contributed by atoms with Gasteiger partial charge in [-0.2, -0.15) is 0 Å². The average molecular weight is 236 g/mol. The molecular weight excluding hydrogens is 220 g/mol. The van der Waals surface area contributed by atoms with Crippen molar-refractivity contribution in [1.82, 2.24) is 0 Å². The highest BCUT2D eigenvalue weighted by Gasteiger charge is 2.05. The van der Waals surface area contributed by atoms with Crippen molar-refractivity contribution < 1.29 is 4.74 Å². The molecule has 0 unspecified atom stereocenters. The number of hydrogen-bond acceptors (Lipinski definition) is 1. The quantitative estimate of drug-likeness (QED) is 0.555. The molecule has 0 heterocycles. The fraction of sp³-hybridized carbons (Fsp3) is 0.176. The Morgan fingerprint density at radius 2 is 1.94 bits per heavy atom. The zero-order valence-electron chi connectivity index (χ0n) is 10.7. The lowest BCUT2D eigenvalue weighted by molar-refractivity contribution is 0.483. The molecular formula is C17H16O. The third-order valence-electron chi connectivity index (χ3n) is 2.59. The molecule has 1 nitrogen and oxygen atoms in total. The van der Waals surface area contributed by atoms with Gasteiger partial charge in [-0.05, 0) is 11.5 Å². The molecule has 0 radical (unpaired) electrons. The second-order valence-corrected chi connectivity index (χ2v) is 4.37. The van der Waals surface area contributed by atoms with E-state index in [0.29, 0.717) is 5.92 Å². The molecule has 0 atom stereocenters. The van der Waals surface area contributed by atoms with Gasteiger partial charge < -0.3 is 4.74 Å². The first kappa shape index (κ1) is 12.3. The third-order valence-corrected chi connectivity index (χ3v) is 2.59. The van der Waals surface area contributed by atoms with Gasteiger partial charge in [0.05, 0.1) is 11.8 Å². The zero-order chi connectivity index (χ0) is 13.0. The summed E-state index contributed by atoms with van der Waals surface area (Å²) in [6.45, 7) is 7.75. The van der Waals surface area contributed by atoms with Crippen molar-refractivity contribution in [3.8, 4) is 17.6 Å². The lowest BCUT2D eigenvalue weighted by atomic mass is 10.0. The average Bonchev–Trinajstić information content (AvgIpc) is 2.37. The van der Waals surface area contributed by atoms with Crippen LogP contribution in [-0.4, -0.2) is 0 Å². The predicted octanol–water partition coefficient (Wildman–Crippen LogP) is 4.37. The van der Waals surface area contributed by atoms with Crippen molar-refractivity contribution in [2.45, 2.75) is 13.8 Å². The van der Waals surface area contributed by atoms with Crippen LogP contribution in [0, 0.1) is 17.8 Å². The minimum absolute atomic E-state index is 0.334. The van der Waals surface area contributed by atoms with Crippen LogP contribution < -0.4 is 4.74 Å². The molecule has 0 saturated heterocycles. The van der Waals surface area contributed by atoms with Gasteiger partial charge in [-0.15, -0.1) is 0 Å². The number of rotatable bonds is 2. The Morgan fingerprint density at radius 3 is 2.67 bits per heavy atom. The van der Waals surface area contributed by atoms with Crippen molar-refractivity contribution in [2.24, 2.45) is 5.92 Å². The van der Waals surface area contributed by atoms with Gasteiger partial charge in [-0.1, -0.05) is 62.6 Å². The van der Waals surface area contributed by atoms with E-state index in [1.807, 2.05) is 24.3 Å². The van der Waals surface area contributed by atoms with Crippen LogP contribution in [0.15, 0.2) is 49.2 Å². The van der Waals surface area contributed by atoms with E-state index in [1.54, 1.807) is 0 Å². The van der Waals surface area contributed by atoms with Crippen LogP contribution in [0.4, 0.5) is 0 Å². The van der Waals surface area contributed by atoms with E-state index in [9.17, 15) is 0 Å². The summed E-state index contributed by atoms with van der Waals surface area (Å²) in [4.78, 5) is 0. The Bertz CT molecular complexity index is 627. The molecule has 18 heavy (non-hydrogen) atoms. The van der Waals surface area contributed by atoms with Gasteiger partial charge in [-0.25, -0.2) is 0 Å². The summed E-state index contributed by atoms with van der Waals surface area (Å²) >= 11 is 0. The van der Waals surface area contributed by atoms with Gasteiger partial charge in [0.15, 0.2) is 0 Å². The standard InChI is InChI=1S/C17H16O/c1-4-18-17-12-10-14-7-5-6-8-15(14)16(17)11-9-13(2)3/h4-8,10,12-13H,1H2,2-3H3. The molecule has 2 aromatic rings. The highest BCUT2D eigenvalue weighted by atomic mass is 16.5. The van der Waals surface area contributed by atoms with Crippen LogP contribution in [0.1, 0.15) is 19.4 Å². The predicted molar refractivity (Wildman–Crippen MR) is 76.5 cm³/mol. The molecule has 2 aromatic carbocycles. The van der Waals surface area contributed by atoms with Crippen LogP contribution in [-0.2, 0) is 0 Å². The highest BCUT2D eigenvalue weighted by Crippen LogP contribution is 2.27. The van der Waals surface area contributed by atoms with Gasteiger partial charge >= 0.3 is 0 Å². The van der Waals surface area contributed by atoms with Crippen LogP contribution in [0.2, 0.25) is 0 Å². The van der Waals surface area contributed by atoms with Gasteiger partial charge in [0.1, 0.15) is 5.75 Å². The van der Waals surface area contributed by atoms with Crippen LogP contribution in [0.25, 0.3) is 10.8 Å². The Kier molecular flexibility index (Phi) is 3.69. The maximum Gasteiger partial charge on any atom is 0.142 e. The third kappa shape index (κ3) is 2.55. The van der Waals surface area contributed by atoms with Crippen molar-refractivity contribution in [1.29, 1.82) is 0 Å². The van der Waals surface area contributed by atoms with Crippen LogP contribution in [0.3, 0.4) is 0 Å². The van der Waals surface area contributed by atoms with Crippen molar-refractivity contribution in [3.05, 3.63) is 54.8 Å².